The van der Waals surface area contributed by atoms with Crippen molar-refractivity contribution in [2.24, 2.45) is 0 Å². The number of piperazine rings is 1. The second kappa shape index (κ2) is 7.44. The summed E-state index contributed by atoms with van der Waals surface area (Å²) in [5.74, 6) is 1.59. The highest BCUT2D eigenvalue weighted by molar-refractivity contribution is 7.80. The maximum absolute atomic E-state index is 11.4. The minimum atomic E-state index is 0.0892. The van der Waals surface area contributed by atoms with Gasteiger partial charge in [-0.3, -0.25) is 4.79 Å². The number of Topliss-reactive ketones (excluding diaryl/α,β-unsaturated/α-hetero) is 1. The van der Waals surface area contributed by atoms with Gasteiger partial charge in [0, 0.05) is 49.2 Å². The molecule has 1 N–H and O–H groups in total. The predicted octanol–water partition coefficient (Wildman–Crippen LogP) is 3.14. The lowest BCUT2D eigenvalue weighted by molar-refractivity contribution is 0.101. The molecule has 0 bridgehead atoms. The van der Waals surface area contributed by atoms with Crippen LogP contribution in [0.4, 0.5) is 11.4 Å². The third-order valence-corrected chi connectivity index (χ3v) is 5.19. The van der Waals surface area contributed by atoms with Crippen LogP contribution in [0.2, 0.25) is 0 Å². The number of rotatable bonds is 3. The van der Waals surface area contributed by atoms with Crippen LogP contribution in [-0.2, 0) is 0 Å². The Balaban J connectivity index is 1.33. The standard InChI is InChI=1S/C20H21N3O3S/c1-14(24)15-2-5-17(6-3-15)22-8-10-23(11-9-22)20(27)21-16-4-7-18-19(12-16)26-13-25-18/h2-7,12H,8-11,13H2,1H3,(H,21,27). The molecule has 2 aliphatic rings. The number of fused-ring (bicyclic) bond motifs is 1. The number of hydrogen-bond acceptors (Lipinski definition) is 5. The number of carbonyl (C=O) groups is 1. The Morgan fingerprint density at radius 1 is 1.00 bits per heavy atom. The lowest BCUT2D eigenvalue weighted by Gasteiger charge is -2.37. The van der Waals surface area contributed by atoms with Crippen molar-refractivity contribution >= 4 is 34.5 Å². The molecule has 2 aliphatic heterocycles. The van der Waals surface area contributed by atoms with Crippen molar-refractivity contribution < 1.29 is 14.3 Å². The second-order valence-corrected chi connectivity index (χ2v) is 6.96. The molecule has 2 aromatic rings. The lowest BCUT2D eigenvalue weighted by Crippen LogP contribution is -2.50. The Bertz CT molecular complexity index is 861. The van der Waals surface area contributed by atoms with Gasteiger partial charge in [-0.1, -0.05) is 0 Å². The van der Waals surface area contributed by atoms with E-state index in [1.807, 2.05) is 42.5 Å². The molecule has 0 amide bonds. The summed E-state index contributed by atoms with van der Waals surface area (Å²) in [5, 5.41) is 3.99. The van der Waals surface area contributed by atoms with Crippen molar-refractivity contribution in [1.29, 1.82) is 0 Å². The van der Waals surface area contributed by atoms with E-state index in [0.717, 1.165) is 54.6 Å². The van der Waals surface area contributed by atoms with Gasteiger partial charge in [0.15, 0.2) is 22.4 Å². The summed E-state index contributed by atoms with van der Waals surface area (Å²) < 4.78 is 10.7. The largest absolute Gasteiger partial charge is 0.454 e. The minimum absolute atomic E-state index is 0.0892. The van der Waals surface area contributed by atoms with Crippen LogP contribution in [0.25, 0.3) is 0 Å². The molecule has 0 unspecified atom stereocenters. The number of ether oxygens (including phenoxy) is 2. The van der Waals surface area contributed by atoms with Gasteiger partial charge in [-0.15, -0.1) is 0 Å². The smallest absolute Gasteiger partial charge is 0.231 e. The molecule has 140 valence electrons. The number of benzene rings is 2. The fraction of sp³-hybridized carbons (Fsp3) is 0.300. The van der Waals surface area contributed by atoms with Crippen LogP contribution >= 0.6 is 12.2 Å². The summed E-state index contributed by atoms with van der Waals surface area (Å²) >= 11 is 5.57. The fourth-order valence-corrected chi connectivity index (χ4v) is 3.55. The Morgan fingerprint density at radius 2 is 1.70 bits per heavy atom. The Hall–Kier alpha value is -2.80. The molecule has 2 heterocycles. The number of nitrogens with one attached hydrogen (secondary N) is 1. The third kappa shape index (κ3) is 3.83. The van der Waals surface area contributed by atoms with E-state index in [1.54, 1.807) is 6.92 Å². The predicted molar refractivity (Wildman–Crippen MR) is 109 cm³/mol. The number of nitrogens with zero attached hydrogens (tertiary/aromatic N) is 2. The van der Waals surface area contributed by atoms with E-state index in [-0.39, 0.29) is 12.6 Å². The molecule has 6 nitrogen and oxygen atoms in total. The number of carbonyl (C=O) groups excluding carboxylic acids is 1. The molecule has 0 radical (unpaired) electrons. The van der Waals surface area contributed by atoms with Crippen LogP contribution in [0.1, 0.15) is 17.3 Å². The van der Waals surface area contributed by atoms with E-state index in [2.05, 4.69) is 15.1 Å². The molecule has 27 heavy (non-hydrogen) atoms. The van der Waals surface area contributed by atoms with Crippen molar-refractivity contribution in [3.63, 3.8) is 0 Å². The first-order valence-corrected chi connectivity index (χ1v) is 9.32. The van der Waals surface area contributed by atoms with E-state index < -0.39 is 0 Å². The minimum Gasteiger partial charge on any atom is -0.454 e. The zero-order valence-electron chi connectivity index (χ0n) is 15.1. The molecule has 0 aliphatic carbocycles. The summed E-state index contributed by atoms with van der Waals surface area (Å²) in [6, 6.07) is 13.5. The molecule has 0 atom stereocenters. The van der Waals surface area contributed by atoms with Gasteiger partial charge in [0.2, 0.25) is 6.79 Å². The van der Waals surface area contributed by atoms with Gasteiger partial charge in [0.05, 0.1) is 0 Å². The molecule has 2 aromatic carbocycles. The normalized spacial score (nSPS) is 15.6. The summed E-state index contributed by atoms with van der Waals surface area (Å²) in [6.45, 7) is 5.28. The van der Waals surface area contributed by atoms with E-state index in [1.165, 1.54) is 0 Å². The number of hydrogen-bond donors (Lipinski definition) is 1. The van der Waals surface area contributed by atoms with Gasteiger partial charge in [-0.05, 0) is 55.5 Å². The molecular weight excluding hydrogens is 362 g/mol. The topological polar surface area (TPSA) is 54.0 Å². The number of thiocarbonyl (C=S) groups is 1. The highest BCUT2D eigenvalue weighted by Crippen LogP contribution is 2.34. The van der Waals surface area contributed by atoms with Gasteiger partial charge in [-0.25, -0.2) is 0 Å². The van der Waals surface area contributed by atoms with Crippen LogP contribution in [-0.4, -0.2) is 48.8 Å². The zero-order chi connectivity index (χ0) is 18.8. The summed E-state index contributed by atoms with van der Waals surface area (Å²) in [4.78, 5) is 15.9. The van der Waals surface area contributed by atoms with E-state index in [4.69, 9.17) is 21.7 Å². The summed E-state index contributed by atoms with van der Waals surface area (Å²) in [5.41, 5.74) is 2.77. The van der Waals surface area contributed by atoms with Crippen LogP contribution in [0.3, 0.4) is 0 Å². The van der Waals surface area contributed by atoms with E-state index in [0.29, 0.717) is 5.11 Å². The highest BCUT2D eigenvalue weighted by Gasteiger charge is 2.20. The summed E-state index contributed by atoms with van der Waals surface area (Å²) in [7, 11) is 0. The third-order valence-electron chi connectivity index (χ3n) is 4.83. The summed E-state index contributed by atoms with van der Waals surface area (Å²) in [6.07, 6.45) is 0. The SMILES string of the molecule is CC(=O)c1ccc(N2CCN(C(=S)Nc3ccc4c(c3)OCO4)CC2)cc1. The molecule has 7 heteroatoms. The molecule has 1 fully saturated rings. The number of ketones is 1. The van der Waals surface area contributed by atoms with Crippen LogP contribution in [0.5, 0.6) is 11.5 Å². The Kier molecular flexibility index (Phi) is 4.85. The lowest BCUT2D eigenvalue weighted by atomic mass is 10.1. The van der Waals surface area contributed by atoms with Crippen molar-refractivity contribution in [3.8, 4) is 11.5 Å². The van der Waals surface area contributed by atoms with E-state index in [9.17, 15) is 4.79 Å². The van der Waals surface area contributed by atoms with Gasteiger partial charge in [0.1, 0.15) is 0 Å². The van der Waals surface area contributed by atoms with Crippen LogP contribution in [0, 0.1) is 0 Å². The average molecular weight is 383 g/mol. The zero-order valence-corrected chi connectivity index (χ0v) is 15.9. The molecule has 1 saturated heterocycles. The molecule has 4 rings (SSSR count). The quantitative estimate of drug-likeness (QED) is 0.645. The van der Waals surface area contributed by atoms with Crippen molar-refractivity contribution in [2.75, 3.05) is 43.2 Å². The van der Waals surface area contributed by atoms with Crippen LogP contribution in [0.15, 0.2) is 42.5 Å². The average Bonchev–Trinajstić information content (AvgIpc) is 3.16. The fourth-order valence-electron chi connectivity index (χ4n) is 3.25. The van der Waals surface area contributed by atoms with Gasteiger partial charge < -0.3 is 24.6 Å². The molecule has 0 aromatic heterocycles. The van der Waals surface area contributed by atoms with Crippen molar-refractivity contribution in [2.45, 2.75) is 6.92 Å². The first-order valence-electron chi connectivity index (χ1n) is 8.92. The second-order valence-electron chi connectivity index (χ2n) is 6.58. The maximum Gasteiger partial charge on any atom is 0.231 e. The monoisotopic (exact) mass is 383 g/mol. The van der Waals surface area contributed by atoms with Crippen molar-refractivity contribution in [3.05, 3.63) is 48.0 Å². The molecule has 0 spiro atoms. The first kappa shape index (κ1) is 17.6. The van der Waals surface area contributed by atoms with Gasteiger partial charge >= 0.3 is 0 Å². The highest BCUT2D eigenvalue weighted by atomic mass is 32.1. The molecular formula is C20H21N3O3S. The van der Waals surface area contributed by atoms with Crippen LogP contribution < -0.4 is 19.7 Å². The van der Waals surface area contributed by atoms with E-state index >= 15 is 0 Å². The maximum atomic E-state index is 11.4. The Labute approximate surface area is 163 Å². The Morgan fingerprint density at radius 3 is 2.41 bits per heavy atom. The van der Waals surface area contributed by atoms with Crippen molar-refractivity contribution in [1.82, 2.24) is 4.90 Å². The molecule has 0 saturated carbocycles. The first-order chi connectivity index (χ1) is 13.1. The number of anilines is 2. The van der Waals surface area contributed by atoms with Gasteiger partial charge in [0.25, 0.3) is 0 Å². The van der Waals surface area contributed by atoms with Gasteiger partial charge in [-0.2, -0.15) is 0 Å².